The summed E-state index contributed by atoms with van der Waals surface area (Å²) >= 11 is 0. The molecule has 2 nitrogen and oxygen atoms in total. The van der Waals surface area contributed by atoms with Gasteiger partial charge >= 0.3 is 0 Å². The molecule has 1 aliphatic carbocycles. The molecule has 98 valence electrons. The Hall–Kier alpha value is -1.28. The number of aliphatic hydroxyl groups is 1. The zero-order valence-corrected chi connectivity index (χ0v) is 11.8. The van der Waals surface area contributed by atoms with Crippen molar-refractivity contribution < 1.29 is 5.11 Å². The van der Waals surface area contributed by atoms with Crippen molar-refractivity contribution in [3.63, 3.8) is 0 Å². The molecular weight excluding hydrogens is 222 g/mol. The van der Waals surface area contributed by atoms with Crippen LogP contribution in [0.5, 0.6) is 0 Å². The van der Waals surface area contributed by atoms with E-state index < -0.39 is 0 Å². The first-order valence-electron chi connectivity index (χ1n) is 6.55. The van der Waals surface area contributed by atoms with E-state index in [2.05, 4.69) is 49.1 Å². The van der Waals surface area contributed by atoms with Crippen LogP contribution < -0.4 is 4.90 Å². The molecule has 0 heterocycles. The van der Waals surface area contributed by atoms with Crippen molar-refractivity contribution in [2.24, 2.45) is 5.41 Å². The second kappa shape index (κ2) is 4.77. The van der Waals surface area contributed by atoms with E-state index in [4.69, 9.17) is 0 Å². The molecule has 0 spiro atoms. The van der Waals surface area contributed by atoms with Gasteiger partial charge in [0.15, 0.2) is 0 Å². The Balaban J connectivity index is 2.28. The van der Waals surface area contributed by atoms with Gasteiger partial charge < -0.3 is 10.0 Å². The SMILES string of the molecule is CN(C)c1ccc(C2=CC(C)(C)CC(O)C2)cc1. The molecule has 2 heteroatoms. The van der Waals surface area contributed by atoms with E-state index in [1.165, 1.54) is 16.8 Å². The Morgan fingerprint density at radius 3 is 2.28 bits per heavy atom. The van der Waals surface area contributed by atoms with Gasteiger partial charge in [0.1, 0.15) is 0 Å². The highest BCUT2D eigenvalue weighted by Crippen LogP contribution is 2.37. The van der Waals surface area contributed by atoms with Crippen LogP contribution >= 0.6 is 0 Å². The molecule has 0 saturated heterocycles. The van der Waals surface area contributed by atoms with Crippen LogP contribution in [0, 0.1) is 5.41 Å². The first-order valence-corrected chi connectivity index (χ1v) is 6.55. The van der Waals surface area contributed by atoms with Gasteiger partial charge in [-0.1, -0.05) is 32.1 Å². The van der Waals surface area contributed by atoms with E-state index in [1.54, 1.807) is 0 Å². The molecule has 0 saturated carbocycles. The molecule has 1 N–H and O–H groups in total. The van der Waals surface area contributed by atoms with Crippen LogP contribution in [0.4, 0.5) is 5.69 Å². The fourth-order valence-electron chi connectivity index (χ4n) is 2.70. The largest absolute Gasteiger partial charge is 0.393 e. The van der Waals surface area contributed by atoms with Crippen LogP contribution in [0.3, 0.4) is 0 Å². The Morgan fingerprint density at radius 1 is 1.17 bits per heavy atom. The summed E-state index contributed by atoms with van der Waals surface area (Å²) in [6.07, 6.45) is 3.72. The number of aliphatic hydroxyl groups excluding tert-OH is 1. The fourth-order valence-corrected chi connectivity index (χ4v) is 2.70. The van der Waals surface area contributed by atoms with E-state index in [1.807, 2.05) is 14.1 Å². The Bertz CT molecular complexity index is 443. The standard InChI is InChI=1S/C16H23NO/c1-16(2)10-13(9-15(18)11-16)12-5-7-14(8-6-12)17(3)4/h5-8,10,15,18H,9,11H2,1-4H3. The average Bonchev–Trinajstić information content (AvgIpc) is 2.26. The lowest BCUT2D eigenvalue weighted by Crippen LogP contribution is -2.24. The van der Waals surface area contributed by atoms with E-state index in [0.717, 1.165) is 12.8 Å². The van der Waals surface area contributed by atoms with E-state index in [0.29, 0.717) is 0 Å². The molecule has 0 fully saturated rings. The van der Waals surface area contributed by atoms with E-state index in [-0.39, 0.29) is 11.5 Å². The van der Waals surface area contributed by atoms with Crippen molar-refractivity contribution in [1.29, 1.82) is 0 Å². The van der Waals surface area contributed by atoms with Crippen LogP contribution in [0.15, 0.2) is 30.3 Å². The summed E-state index contributed by atoms with van der Waals surface area (Å²) in [6, 6.07) is 8.55. The first kappa shape index (κ1) is 13.2. The van der Waals surface area contributed by atoms with E-state index in [9.17, 15) is 5.11 Å². The number of hydrogen-bond acceptors (Lipinski definition) is 2. The van der Waals surface area contributed by atoms with Gasteiger partial charge in [0.2, 0.25) is 0 Å². The summed E-state index contributed by atoms with van der Waals surface area (Å²) < 4.78 is 0. The normalized spacial score (nSPS) is 22.5. The first-order chi connectivity index (χ1) is 8.37. The average molecular weight is 245 g/mol. The van der Waals surface area contributed by atoms with Gasteiger partial charge in [-0.2, -0.15) is 0 Å². The molecule has 1 atom stereocenters. The predicted octanol–water partition coefficient (Wildman–Crippen LogP) is 3.32. The van der Waals surface area contributed by atoms with Crippen molar-refractivity contribution in [2.75, 3.05) is 19.0 Å². The molecule has 0 radical (unpaired) electrons. The molecule has 0 aromatic heterocycles. The monoisotopic (exact) mass is 245 g/mol. The molecule has 1 unspecified atom stereocenters. The maximum atomic E-state index is 9.97. The zero-order chi connectivity index (χ0) is 13.3. The molecule has 2 rings (SSSR count). The third kappa shape index (κ3) is 2.94. The Kier molecular flexibility index (Phi) is 3.49. The lowest BCUT2D eigenvalue weighted by atomic mass is 9.76. The van der Waals surface area contributed by atoms with Gasteiger partial charge in [0, 0.05) is 19.8 Å². The van der Waals surface area contributed by atoms with Crippen molar-refractivity contribution >= 4 is 11.3 Å². The van der Waals surface area contributed by atoms with Crippen molar-refractivity contribution in [2.45, 2.75) is 32.8 Å². The summed E-state index contributed by atoms with van der Waals surface area (Å²) in [4.78, 5) is 2.10. The molecule has 1 aromatic carbocycles. The summed E-state index contributed by atoms with van der Waals surface area (Å²) in [5.74, 6) is 0. The highest BCUT2D eigenvalue weighted by molar-refractivity contribution is 5.69. The van der Waals surface area contributed by atoms with E-state index >= 15 is 0 Å². The summed E-state index contributed by atoms with van der Waals surface area (Å²) in [5.41, 5.74) is 3.79. The zero-order valence-electron chi connectivity index (χ0n) is 11.8. The van der Waals surface area contributed by atoms with Crippen molar-refractivity contribution in [1.82, 2.24) is 0 Å². The van der Waals surface area contributed by atoms with Crippen LogP contribution in [0.1, 0.15) is 32.3 Å². The minimum atomic E-state index is -0.214. The van der Waals surface area contributed by atoms with Gasteiger partial charge in [-0.15, -0.1) is 0 Å². The van der Waals surface area contributed by atoms with Gasteiger partial charge in [0.25, 0.3) is 0 Å². The van der Waals surface area contributed by atoms with Crippen molar-refractivity contribution in [3.05, 3.63) is 35.9 Å². The number of benzene rings is 1. The lowest BCUT2D eigenvalue weighted by Gasteiger charge is -2.31. The number of nitrogens with zero attached hydrogens (tertiary/aromatic N) is 1. The summed E-state index contributed by atoms with van der Waals surface area (Å²) in [5, 5.41) is 9.97. The van der Waals surface area contributed by atoms with Crippen molar-refractivity contribution in [3.8, 4) is 0 Å². The minimum absolute atomic E-state index is 0.0905. The number of hydrogen-bond donors (Lipinski definition) is 1. The van der Waals surface area contributed by atoms with Gasteiger partial charge in [-0.05, 0) is 41.5 Å². The Morgan fingerprint density at radius 2 is 1.78 bits per heavy atom. The highest BCUT2D eigenvalue weighted by atomic mass is 16.3. The second-order valence-corrected chi connectivity index (χ2v) is 6.16. The van der Waals surface area contributed by atoms with Crippen LogP contribution in [-0.4, -0.2) is 25.3 Å². The highest BCUT2D eigenvalue weighted by Gasteiger charge is 2.26. The summed E-state index contributed by atoms with van der Waals surface area (Å²) in [7, 11) is 4.09. The molecule has 1 aliphatic rings. The van der Waals surface area contributed by atoms with Gasteiger partial charge in [0.05, 0.1) is 6.10 Å². The molecule has 0 bridgehead atoms. The van der Waals surface area contributed by atoms with Gasteiger partial charge in [-0.3, -0.25) is 0 Å². The summed E-state index contributed by atoms with van der Waals surface area (Å²) in [6.45, 7) is 4.37. The minimum Gasteiger partial charge on any atom is -0.393 e. The third-order valence-corrected chi connectivity index (χ3v) is 3.54. The molecule has 0 aliphatic heterocycles. The quantitative estimate of drug-likeness (QED) is 0.864. The fraction of sp³-hybridized carbons (Fsp3) is 0.500. The topological polar surface area (TPSA) is 23.5 Å². The predicted molar refractivity (Wildman–Crippen MR) is 77.8 cm³/mol. The third-order valence-electron chi connectivity index (χ3n) is 3.54. The maximum Gasteiger partial charge on any atom is 0.0588 e. The Labute approximate surface area is 110 Å². The maximum absolute atomic E-state index is 9.97. The van der Waals surface area contributed by atoms with Crippen LogP contribution in [0.25, 0.3) is 5.57 Å². The lowest BCUT2D eigenvalue weighted by molar-refractivity contribution is 0.128. The molecule has 1 aromatic rings. The number of allylic oxidation sites excluding steroid dienone is 1. The number of rotatable bonds is 2. The molecular formula is C16H23NO. The molecule has 18 heavy (non-hydrogen) atoms. The second-order valence-electron chi connectivity index (χ2n) is 6.16. The van der Waals surface area contributed by atoms with Gasteiger partial charge in [-0.25, -0.2) is 0 Å². The smallest absolute Gasteiger partial charge is 0.0588 e. The van der Waals surface area contributed by atoms with Crippen LogP contribution in [0.2, 0.25) is 0 Å². The van der Waals surface area contributed by atoms with Crippen LogP contribution in [-0.2, 0) is 0 Å². The molecule has 0 amide bonds. The number of anilines is 1.